The topological polar surface area (TPSA) is 237 Å². The van der Waals surface area contributed by atoms with Gasteiger partial charge in [0.25, 0.3) is 0 Å². The van der Waals surface area contributed by atoms with Crippen LogP contribution in [-0.2, 0) is 65.4 Å². The molecule has 0 aromatic heterocycles. The monoisotopic (exact) mass is 1440 g/mol. The lowest BCUT2D eigenvalue weighted by Crippen LogP contribution is -2.30. The predicted molar refractivity (Wildman–Crippen MR) is 400 cm³/mol. The molecule has 0 spiro atoms. The van der Waals surface area contributed by atoms with Crippen molar-refractivity contribution in [1.82, 2.24) is 0 Å². The molecule has 0 aromatic carbocycles. The van der Waals surface area contributed by atoms with Gasteiger partial charge in [0.05, 0.1) is 26.4 Å². The molecule has 19 heteroatoms. The van der Waals surface area contributed by atoms with Crippen molar-refractivity contribution in [3.8, 4) is 0 Å². The maximum atomic E-state index is 13.1. The van der Waals surface area contributed by atoms with Gasteiger partial charge in [0.2, 0.25) is 0 Å². The average molecular weight is 1440 g/mol. The van der Waals surface area contributed by atoms with Gasteiger partial charge in [-0.15, -0.1) is 0 Å². The van der Waals surface area contributed by atoms with Gasteiger partial charge in [-0.25, -0.2) is 9.13 Å². The molecule has 6 atom stereocenters. The Kier molecular flexibility index (Phi) is 66.8. The van der Waals surface area contributed by atoms with E-state index >= 15 is 0 Å². The number of hydrogen-bond acceptors (Lipinski definition) is 15. The van der Waals surface area contributed by atoms with E-state index in [2.05, 4.69) is 55.4 Å². The number of phosphoric ester groups is 2. The first-order valence-corrected chi connectivity index (χ1v) is 43.7. The fourth-order valence-corrected chi connectivity index (χ4v) is 13.6. The van der Waals surface area contributed by atoms with Gasteiger partial charge in [-0.05, 0) is 49.4 Å². The number of esters is 4. The van der Waals surface area contributed by atoms with E-state index in [0.717, 1.165) is 114 Å². The van der Waals surface area contributed by atoms with E-state index in [0.29, 0.717) is 31.6 Å². The smallest absolute Gasteiger partial charge is 0.462 e. The Morgan fingerprint density at radius 3 is 0.724 bits per heavy atom. The van der Waals surface area contributed by atoms with Crippen LogP contribution in [0.15, 0.2) is 0 Å². The standard InChI is InChI=1S/C79H154O17P2/c1-9-72(8)58-50-42-34-28-29-35-43-51-59-76(81)89-65-74(95-78(83)61-53-45-36-26-22-18-13-11-10-12-16-20-24-31-39-47-55-69(2)3)67-93-97(85,86)91-63-73(80)64-92-98(87,88)94-68-75(66-90-77(82)60-52-44-38-30-33-41-49-57-71(6)7)96-79(84)62-54-46-37-27-23-19-15-14-17-21-25-32-40-48-56-70(4)5/h69-75,80H,9-68H2,1-8H3,(H,85,86)(H,87,88)/t72?,73?,74-,75-/m1/s1. The number of ether oxygens (including phenoxy) is 4. The molecule has 0 aliphatic carbocycles. The third kappa shape index (κ3) is 71.1. The highest BCUT2D eigenvalue weighted by Crippen LogP contribution is 2.45. The van der Waals surface area contributed by atoms with Crippen LogP contribution in [0.3, 0.4) is 0 Å². The third-order valence-electron chi connectivity index (χ3n) is 18.7. The molecule has 0 heterocycles. The van der Waals surface area contributed by atoms with Crippen LogP contribution in [-0.4, -0.2) is 96.7 Å². The minimum Gasteiger partial charge on any atom is -0.462 e. The molecular weight excluding hydrogens is 1280 g/mol. The number of carbonyl (C=O) groups excluding carboxylic acids is 4. The van der Waals surface area contributed by atoms with E-state index in [1.807, 2.05) is 0 Å². The number of unbranched alkanes of at least 4 members (excludes halogenated alkanes) is 41. The summed E-state index contributed by atoms with van der Waals surface area (Å²) in [6, 6.07) is 0. The summed E-state index contributed by atoms with van der Waals surface area (Å²) >= 11 is 0. The Hall–Kier alpha value is -1.94. The van der Waals surface area contributed by atoms with Crippen LogP contribution < -0.4 is 0 Å². The van der Waals surface area contributed by atoms with Gasteiger partial charge in [0.15, 0.2) is 12.2 Å². The van der Waals surface area contributed by atoms with E-state index in [-0.39, 0.29) is 25.7 Å². The van der Waals surface area contributed by atoms with Gasteiger partial charge in [-0.2, -0.15) is 0 Å². The molecule has 0 aliphatic rings. The average Bonchev–Trinajstić information content (AvgIpc) is 1.10. The normalized spacial score (nSPS) is 14.3. The zero-order valence-corrected chi connectivity index (χ0v) is 66.2. The maximum absolute atomic E-state index is 13.1. The van der Waals surface area contributed by atoms with Crippen LogP contribution in [0.5, 0.6) is 0 Å². The molecule has 0 bridgehead atoms. The molecule has 582 valence electrons. The Balaban J connectivity index is 5.23. The van der Waals surface area contributed by atoms with Crippen LogP contribution in [0, 0.1) is 23.7 Å². The Bertz CT molecular complexity index is 1920. The van der Waals surface area contributed by atoms with Gasteiger partial charge in [-0.3, -0.25) is 37.3 Å². The van der Waals surface area contributed by atoms with Gasteiger partial charge < -0.3 is 33.8 Å². The summed E-state index contributed by atoms with van der Waals surface area (Å²) in [6.07, 6.45) is 54.2. The number of aliphatic hydroxyl groups excluding tert-OH is 1. The molecule has 0 saturated heterocycles. The summed E-state index contributed by atoms with van der Waals surface area (Å²) in [5.41, 5.74) is 0. The molecule has 98 heavy (non-hydrogen) atoms. The number of hydrogen-bond donors (Lipinski definition) is 3. The summed E-state index contributed by atoms with van der Waals surface area (Å²) in [6.45, 7) is 14.2. The molecule has 3 N–H and O–H groups in total. The first kappa shape index (κ1) is 96.1. The molecule has 0 radical (unpaired) electrons. The summed E-state index contributed by atoms with van der Waals surface area (Å²) in [7, 11) is -9.92. The van der Waals surface area contributed by atoms with Gasteiger partial charge in [-0.1, -0.05) is 351 Å². The Morgan fingerprint density at radius 2 is 0.490 bits per heavy atom. The van der Waals surface area contributed by atoms with Crippen LogP contribution in [0.25, 0.3) is 0 Å². The highest BCUT2D eigenvalue weighted by Gasteiger charge is 2.30. The number of rotatable bonds is 76. The van der Waals surface area contributed by atoms with E-state index in [1.54, 1.807) is 0 Å². The van der Waals surface area contributed by atoms with Crippen LogP contribution in [0.2, 0.25) is 0 Å². The molecule has 17 nitrogen and oxygen atoms in total. The Labute approximate surface area is 600 Å². The van der Waals surface area contributed by atoms with Crippen molar-refractivity contribution < 1.29 is 80.2 Å². The third-order valence-corrected chi connectivity index (χ3v) is 20.6. The lowest BCUT2D eigenvalue weighted by atomic mass is 9.99. The number of carbonyl (C=O) groups is 4. The van der Waals surface area contributed by atoms with Crippen LogP contribution in [0.4, 0.5) is 0 Å². The zero-order chi connectivity index (χ0) is 72.4. The molecule has 4 unspecified atom stereocenters. The van der Waals surface area contributed by atoms with Crippen molar-refractivity contribution in [3.05, 3.63) is 0 Å². The fourth-order valence-electron chi connectivity index (χ4n) is 12.0. The van der Waals surface area contributed by atoms with Crippen LogP contribution >= 0.6 is 15.6 Å². The number of phosphoric acid groups is 2. The fraction of sp³-hybridized carbons (Fsp3) is 0.949. The largest absolute Gasteiger partial charge is 0.472 e. The second-order valence-electron chi connectivity index (χ2n) is 30.1. The van der Waals surface area contributed by atoms with Crippen molar-refractivity contribution in [2.75, 3.05) is 39.6 Å². The summed E-state index contributed by atoms with van der Waals surface area (Å²) in [4.78, 5) is 72.9. The van der Waals surface area contributed by atoms with Crippen molar-refractivity contribution in [1.29, 1.82) is 0 Å². The second-order valence-corrected chi connectivity index (χ2v) is 33.0. The molecule has 0 rings (SSSR count). The highest BCUT2D eigenvalue weighted by molar-refractivity contribution is 7.47. The van der Waals surface area contributed by atoms with Crippen LogP contribution in [0.1, 0.15) is 402 Å². The molecule has 0 aliphatic heterocycles. The SMILES string of the molecule is CCC(C)CCCCCCCCCCC(=O)OC[C@H](COP(=O)(O)OCC(O)COP(=O)(O)OC[C@@H](COC(=O)CCCCCCCCCC(C)C)OC(=O)CCCCCCCCCCCCCCCCC(C)C)OC(=O)CCCCCCCCCCCCCCCCCCC(C)C. The molecule has 0 amide bonds. The minimum absolute atomic E-state index is 0.106. The quantitative estimate of drug-likeness (QED) is 0.0222. The second kappa shape index (κ2) is 68.2. The molecule has 0 fully saturated rings. The van der Waals surface area contributed by atoms with E-state index in [1.165, 1.54) is 199 Å². The van der Waals surface area contributed by atoms with E-state index in [4.69, 9.17) is 37.0 Å². The lowest BCUT2D eigenvalue weighted by Gasteiger charge is -2.21. The van der Waals surface area contributed by atoms with E-state index < -0.39 is 97.5 Å². The zero-order valence-electron chi connectivity index (χ0n) is 64.4. The first-order chi connectivity index (χ1) is 47.1. The van der Waals surface area contributed by atoms with Gasteiger partial charge in [0, 0.05) is 25.7 Å². The van der Waals surface area contributed by atoms with Crippen molar-refractivity contribution >= 4 is 39.5 Å². The van der Waals surface area contributed by atoms with Crippen molar-refractivity contribution in [3.63, 3.8) is 0 Å². The molecule has 0 saturated carbocycles. The van der Waals surface area contributed by atoms with Crippen molar-refractivity contribution in [2.24, 2.45) is 23.7 Å². The summed E-state index contributed by atoms with van der Waals surface area (Å²) < 4.78 is 68.6. The predicted octanol–water partition coefficient (Wildman–Crippen LogP) is 23.2. The highest BCUT2D eigenvalue weighted by atomic mass is 31.2. The maximum Gasteiger partial charge on any atom is 0.472 e. The summed E-state index contributed by atoms with van der Waals surface area (Å²) in [5.74, 6) is 0.969. The Morgan fingerprint density at radius 1 is 0.286 bits per heavy atom. The van der Waals surface area contributed by atoms with E-state index in [9.17, 15) is 43.2 Å². The lowest BCUT2D eigenvalue weighted by molar-refractivity contribution is -0.161. The minimum atomic E-state index is -4.96. The molecule has 0 aromatic rings. The molecular formula is C79H154O17P2. The first-order valence-electron chi connectivity index (χ1n) is 40.7. The number of aliphatic hydroxyl groups is 1. The van der Waals surface area contributed by atoms with Crippen molar-refractivity contribution in [2.45, 2.75) is 420 Å². The summed E-state index contributed by atoms with van der Waals surface area (Å²) in [5, 5.41) is 10.6. The van der Waals surface area contributed by atoms with Gasteiger partial charge >= 0.3 is 39.5 Å². The van der Waals surface area contributed by atoms with Gasteiger partial charge in [0.1, 0.15) is 19.3 Å².